The summed E-state index contributed by atoms with van der Waals surface area (Å²) < 4.78 is 6.05. The second kappa shape index (κ2) is 8.84. The summed E-state index contributed by atoms with van der Waals surface area (Å²) in [5, 5.41) is 20.1. The second-order valence-corrected chi connectivity index (χ2v) is 6.66. The van der Waals surface area contributed by atoms with Crippen LogP contribution in [0.2, 0.25) is 0 Å². The van der Waals surface area contributed by atoms with E-state index in [2.05, 4.69) is 26.6 Å². The number of carbonyl (C=O) groups is 1. The quantitative estimate of drug-likeness (QED) is 0.604. The van der Waals surface area contributed by atoms with Crippen molar-refractivity contribution in [3.05, 3.63) is 70.4 Å². The number of aryl methyl sites for hydroxylation is 3. The molecule has 1 heterocycles. The van der Waals surface area contributed by atoms with Gasteiger partial charge in [0.05, 0.1) is 11.6 Å². The van der Waals surface area contributed by atoms with Crippen LogP contribution in [0, 0.1) is 32.1 Å². The van der Waals surface area contributed by atoms with Crippen LogP contribution in [0.1, 0.15) is 27.9 Å². The van der Waals surface area contributed by atoms with Gasteiger partial charge in [-0.25, -0.2) is 0 Å². The number of nitrogens with zero attached hydrogens (tertiary/aromatic N) is 4. The molecule has 3 aromatic rings. The maximum absolute atomic E-state index is 11.0. The first kappa shape index (κ1) is 20.5. The van der Waals surface area contributed by atoms with Gasteiger partial charge in [-0.2, -0.15) is 10.2 Å². The number of nitriles is 1. The summed E-state index contributed by atoms with van der Waals surface area (Å²) in [7, 11) is 0. The molecule has 0 radical (unpaired) electrons. The van der Waals surface area contributed by atoms with Crippen LogP contribution in [-0.2, 0) is 4.79 Å². The summed E-state index contributed by atoms with van der Waals surface area (Å²) in [5.41, 5.74) is 9.58. The Morgan fingerprint density at radius 1 is 1.13 bits per heavy atom. The molecule has 0 aliphatic carbocycles. The lowest BCUT2D eigenvalue weighted by molar-refractivity contribution is -0.113. The topological polar surface area (TPSA) is 127 Å². The molecule has 8 nitrogen and oxygen atoms in total. The Morgan fingerprint density at radius 2 is 1.80 bits per heavy atom. The number of ether oxygens (including phenoxy) is 1. The number of hydrogen-bond donors (Lipinski definition) is 2. The number of benzene rings is 2. The number of hydrogen-bond acceptors (Lipinski definition) is 7. The fourth-order valence-corrected chi connectivity index (χ4v) is 2.79. The van der Waals surface area contributed by atoms with Gasteiger partial charge in [-0.05, 0) is 79.9 Å². The minimum Gasteiger partial charge on any atom is -0.437 e. The van der Waals surface area contributed by atoms with Crippen molar-refractivity contribution in [1.82, 2.24) is 15.2 Å². The fourth-order valence-electron chi connectivity index (χ4n) is 2.79. The van der Waals surface area contributed by atoms with Crippen LogP contribution in [0.5, 0.6) is 11.6 Å². The number of carbonyl (C=O) groups excluding carboxylic acids is 1. The number of aromatic nitrogens is 3. The van der Waals surface area contributed by atoms with Crippen molar-refractivity contribution in [2.75, 3.05) is 5.32 Å². The van der Waals surface area contributed by atoms with Gasteiger partial charge in [0.2, 0.25) is 17.7 Å². The van der Waals surface area contributed by atoms with Gasteiger partial charge in [-0.1, -0.05) is 0 Å². The first-order chi connectivity index (χ1) is 14.4. The van der Waals surface area contributed by atoms with Gasteiger partial charge >= 0.3 is 0 Å². The van der Waals surface area contributed by atoms with Crippen LogP contribution in [-0.4, -0.2) is 21.1 Å². The highest BCUT2D eigenvalue weighted by molar-refractivity contribution is 5.90. The van der Waals surface area contributed by atoms with Crippen LogP contribution in [0.4, 0.5) is 11.6 Å². The lowest BCUT2D eigenvalue weighted by Crippen LogP contribution is -2.05. The van der Waals surface area contributed by atoms with E-state index in [0.717, 1.165) is 22.4 Å². The normalized spacial score (nSPS) is 10.6. The molecule has 1 aromatic heterocycles. The second-order valence-electron chi connectivity index (χ2n) is 6.66. The molecule has 0 atom stereocenters. The van der Waals surface area contributed by atoms with E-state index in [-0.39, 0.29) is 5.95 Å². The summed E-state index contributed by atoms with van der Waals surface area (Å²) in [5.74, 6) is 0.749. The van der Waals surface area contributed by atoms with Gasteiger partial charge in [0.15, 0.2) is 0 Å². The number of primary amides is 1. The zero-order valence-electron chi connectivity index (χ0n) is 16.8. The molecule has 150 valence electrons. The number of nitrogens with one attached hydrogen (secondary N) is 1. The van der Waals surface area contributed by atoms with Crippen LogP contribution < -0.4 is 15.8 Å². The molecular weight excluding hydrogens is 380 g/mol. The van der Waals surface area contributed by atoms with Crippen molar-refractivity contribution in [2.24, 2.45) is 5.73 Å². The standard InChI is InChI=1S/C22H20N6O2/c1-13-10-17(6-9-19(24)29)11-14(2)20(13)30-21-15(3)27-28-22(26-21)25-18-7-4-16(12-23)5-8-18/h4-11H,1-3H3,(H2,24,29)(H,25,26,28)/b9-6+. The predicted molar refractivity (Wildman–Crippen MR) is 113 cm³/mol. The van der Waals surface area contributed by atoms with Crippen molar-refractivity contribution in [3.63, 3.8) is 0 Å². The van der Waals surface area contributed by atoms with Gasteiger partial charge in [-0.15, -0.1) is 10.2 Å². The van der Waals surface area contributed by atoms with E-state index in [1.807, 2.05) is 26.0 Å². The van der Waals surface area contributed by atoms with Crippen LogP contribution >= 0.6 is 0 Å². The minimum atomic E-state index is -0.504. The Hall–Kier alpha value is -4.25. The number of rotatable bonds is 6. The highest BCUT2D eigenvalue weighted by Gasteiger charge is 2.13. The Kier molecular flexibility index (Phi) is 6.03. The highest BCUT2D eigenvalue weighted by Crippen LogP contribution is 2.31. The van der Waals surface area contributed by atoms with Gasteiger partial charge in [0.1, 0.15) is 11.4 Å². The predicted octanol–water partition coefficient (Wildman–Crippen LogP) is 3.70. The van der Waals surface area contributed by atoms with Crippen LogP contribution in [0.15, 0.2) is 42.5 Å². The van der Waals surface area contributed by atoms with Gasteiger partial charge in [-0.3, -0.25) is 4.79 Å². The summed E-state index contributed by atoms with van der Waals surface area (Å²) in [6.07, 6.45) is 2.97. The van der Waals surface area contributed by atoms with Gasteiger partial charge < -0.3 is 15.8 Å². The fraction of sp³-hybridized carbons (Fsp3) is 0.136. The van der Waals surface area contributed by atoms with Gasteiger partial charge in [0.25, 0.3) is 0 Å². The Bertz CT molecular complexity index is 1140. The van der Waals surface area contributed by atoms with E-state index in [1.165, 1.54) is 6.08 Å². The lowest BCUT2D eigenvalue weighted by atomic mass is 10.1. The highest BCUT2D eigenvalue weighted by atomic mass is 16.5. The lowest BCUT2D eigenvalue weighted by Gasteiger charge is -2.14. The maximum atomic E-state index is 11.0. The number of amides is 1. The molecule has 0 saturated carbocycles. The average Bonchev–Trinajstić information content (AvgIpc) is 2.72. The SMILES string of the molecule is Cc1cc(/C=C/C(N)=O)cc(C)c1Oc1nc(Nc2ccc(C#N)cc2)nnc1C. The van der Waals surface area contributed by atoms with Crippen LogP contribution in [0.25, 0.3) is 6.08 Å². The minimum absolute atomic E-state index is 0.275. The molecule has 0 aliphatic rings. The summed E-state index contributed by atoms with van der Waals surface area (Å²) in [4.78, 5) is 15.4. The third-order valence-corrected chi connectivity index (χ3v) is 4.20. The first-order valence-electron chi connectivity index (χ1n) is 9.11. The monoisotopic (exact) mass is 400 g/mol. The molecule has 3 rings (SSSR count). The van der Waals surface area contributed by atoms with E-state index in [0.29, 0.717) is 22.9 Å². The maximum Gasteiger partial charge on any atom is 0.250 e. The average molecular weight is 400 g/mol. The van der Waals surface area contributed by atoms with Crippen molar-refractivity contribution < 1.29 is 9.53 Å². The summed E-state index contributed by atoms with van der Waals surface area (Å²) >= 11 is 0. The molecule has 0 fully saturated rings. The molecule has 0 aliphatic heterocycles. The Balaban J connectivity index is 1.85. The third-order valence-electron chi connectivity index (χ3n) is 4.20. The Labute approximate surface area is 174 Å². The van der Waals surface area contributed by atoms with Crippen molar-refractivity contribution in [1.29, 1.82) is 5.26 Å². The zero-order chi connectivity index (χ0) is 21.7. The smallest absolute Gasteiger partial charge is 0.250 e. The molecule has 0 unspecified atom stereocenters. The van der Waals surface area contributed by atoms with Crippen molar-refractivity contribution >= 4 is 23.6 Å². The number of anilines is 2. The molecule has 1 amide bonds. The zero-order valence-corrected chi connectivity index (χ0v) is 16.8. The largest absolute Gasteiger partial charge is 0.437 e. The van der Waals surface area contributed by atoms with E-state index < -0.39 is 5.91 Å². The van der Waals surface area contributed by atoms with Crippen molar-refractivity contribution in [3.8, 4) is 17.7 Å². The van der Waals surface area contributed by atoms with Crippen molar-refractivity contribution in [2.45, 2.75) is 20.8 Å². The molecule has 2 aromatic carbocycles. The van der Waals surface area contributed by atoms with Gasteiger partial charge in [0, 0.05) is 11.8 Å². The van der Waals surface area contributed by atoms with E-state index >= 15 is 0 Å². The van der Waals surface area contributed by atoms with E-state index in [1.54, 1.807) is 37.3 Å². The molecular formula is C22H20N6O2. The van der Waals surface area contributed by atoms with E-state index in [4.69, 9.17) is 15.7 Å². The summed E-state index contributed by atoms with van der Waals surface area (Å²) in [6.45, 7) is 5.57. The molecule has 0 saturated heterocycles. The van der Waals surface area contributed by atoms with Crippen LogP contribution in [0.3, 0.4) is 0 Å². The molecule has 0 bridgehead atoms. The number of nitrogens with two attached hydrogens (primary N) is 1. The summed E-state index contributed by atoms with van der Waals surface area (Å²) in [6, 6.07) is 12.8. The molecule has 8 heteroatoms. The molecule has 0 spiro atoms. The molecule has 30 heavy (non-hydrogen) atoms. The molecule has 3 N–H and O–H groups in total. The first-order valence-corrected chi connectivity index (χ1v) is 9.11. The van der Waals surface area contributed by atoms with E-state index in [9.17, 15) is 4.79 Å². The Morgan fingerprint density at radius 3 is 2.40 bits per heavy atom. The third kappa shape index (κ3) is 4.97.